The van der Waals surface area contributed by atoms with E-state index < -0.39 is 0 Å². The van der Waals surface area contributed by atoms with Gasteiger partial charge in [-0.05, 0) is 37.6 Å². The number of aliphatic hydroxyl groups is 1. The monoisotopic (exact) mass is 288 g/mol. The third-order valence-corrected chi connectivity index (χ3v) is 2.78. The van der Waals surface area contributed by atoms with Crippen LogP contribution in [0.1, 0.15) is 23.0 Å². The summed E-state index contributed by atoms with van der Waals surface area (Å²) in [5.74, 6) is 0.243. The minimum Gasteiger partial charge on any atom is -0.505 e. The number of rotatable bonds is 6. The molecule has 0 atom stereocenters. The average Bonchev–Trinajstić information content (AvgIpc) is 2.49. The van der Waals surface area contributed by atoms with Gasteiger partial charge in [-0.2, -0.15) is 0 Å². The van der Waals surface area contributed by atoms with E-state index in [2.05, 4.69) is 16.9 Å². The molecule has 0 saturated carbocycles. The lowest BCUT2D eigenvalue weighted by Crippen LogP contribution is -2.25. The van der Waals surface area contributed by atoms with E-state index in [-0.39, 0.29) is 18.2 Å². The first-order chi connectivity index (χ1) is 9.93. The van der Waals surface area contributed by atoms with Gasteiger partial charge in [0.25, 0.3) is 5.91 Å². The molecular weight excluding hydrogens is 268 g/mol. The quantitative estimate of drug-likeness (QED) is 0.623. The molecule has 0 radical (unpaired) electrons. The largest absolute Gasteiger partial charge is 0.505 e. The van der Waals surface area contributed by atoms with Crippen LogP contribution >= 0.6 is 0 Å². The van der Waals surface area contributed by atoms with Gasteiger partial charge in [-0.1, -0.05) is 12.7 Å². The molecular formula is C16H20N2O3. The minimum atomic E-state index is -0.192. The van der Waals surface area contributed by atoms with E-state index in [1.165, 1.54) is 13.2 Å². The second kappa shape index (κ2) is 7.89. The Bertz CT molecular complexity index is 589. The predicted octanol–water partition coefficient (Wildman–Crippen LogP) is 2.67. The van der Waals surface area contributed by atoms with Gasteiger partial charge in [0, 0.05) is 24.0 Å². The summed E-state index contributed by atoms with van der Waals surface area (Å²) in [5.41, 5.74) is 1.99. The summed E-state index contributed by atoms with van der Waals surface area (Å²) in [4.78, 5) is 15.9. The molecule has 0 aromatic carbocycles. The Kier molecular flexibility index (Phi) is 6.20. The number of carbonyl (C=O) groups excluding carboxylic acids is 1. The second-order valence-corrected chi connectivity index (χ2v) is 4.51. The number of aliphatic hydroxyl groups excluding tert-OH is 1. The number of hydrogen-bond acceptors (Lipinski definition) is 4. The van der Waals surface area contributed by atoms with Crippen LogP contribution in [-0.4, -0.2) is 29.7 Å². The van der Waals surface area contributed by atoms with Crippen LogP contribution in [0.15, 0.2) is 54.2 Å². The van der Waals surface area contributed by atoms with Crippen molar-refractivity contribution in [3.05, 3.63) is 65.4 Å². The fourth-order valence-electron chi connectivity index (χ4n) is 1.46. The number of ether oxygens (including phenoxy) is 1. The Morgan fingerprint density at radius 1 is 1.52 bits per heavy atom. The molecule has 1 aromatic heterocycles. The fourth-order valence-corrected chi connectivity index (χ4v) is 1.46. The molecule has 1 aromatic rings. The highest BCUT2D eigenvalue weighted by Crippen LogP contribution is 2.05. The van der Waals surface area contributed by atoms with Crippen LogP contribution in [0.5, 0.6) is 0 Å². The molecule has 0 spiro atoms. The van der Waals surface area contributed by atoms with Crippen molar-refractivity contribution in [1.29, 1.82) is 0 Å². The van der Waals surface area contributed by atoms with Gasteiger partial charge in [0.05, 0.1) is 7.11 Å². The Morgan fingerprint density at radius 3 is 2.86 bits per heavy atom. The molecule has 1 heterocycles. The highest BCUT2D eigenvalue weighted by atomic mass is 16.5. The highest BCUT2D eigenvalue weighted by Gasteiger charge is 2.05. The molecule has 1 amide bonds. The Labute approximate surface area is 124 Å². The third-order valence-electron chi connectivity index (χ3n) is 2.78. The molecule has 2 N–H and O–H groups in total. The van der Waals surface area contributed by atoms with Crippen molar-refractivity contribution < 1.29 is 14.6 Å². The predicted molar refractivity (Wildman–Crippen MR) is 81.9 cm³/mol. The van der Waals surface area contributed by atoms with Crippen LogP contribution in [0.4, 0.5) is 0 Å². The Balaban J connectivity index is 2.54. The van der Waals surface area contributed by atoms with E-state index in [1.807, 2.05) is 6.92 Å². The normalized spacial score (nSPS) is 12.0. The summed E-state index contributed by atoms with van der Waals surface area (Å²) in [5, 5.41) is 12.3. The van der Waals surface area contributed by atoms with Crippen LogP contribution in [-0.2, 0) is 4.74 Å². The van der Waals surface area contributed by atoms with Gasteiger partial charge in [-0.3, -0.25) is 9.78 Å². The van der Waals surface area contributed by atoms with Gasteiger partial charge in [-0.25, -0.2) is 0 Å². The third kappa shape index (κ3) is 5.52. The van der Waals surface area contributed by atoms with Gasteiger partial charge in [-0.15, -0.1) is 0 Å². The maximum absolute atomic E-state index is 11.9. The number of nitrogens with zero attached hydrogens (tertiary/aromatic N) is 1. The lowest BCUT2D eigenvalue weighted by molar-refractivity contribution is 0.0957. The van der Waals surface area contributed by atoms with Crippen LogP contribution in [0.2, 0.25) is 0 Å². The molecule has 112 valence electrons. The summed E-state index contributed by atoms with van der Waals surface area (Å²) in [6.07, 6.45) is 4.69. The molecule has 0 aliphatic heterocycles. The number of aryl methyl sites for hydroxylation is 1. The van der Waals surface area contributed by atoms with Crippen molar-refractivity contribution in [3.63, 3.8) is 0 Å². The van der Waals surface area contributed by atoms with Gasteiger partial charge >= 0.3 is 0 Å². The maximum atomic E-state index is 11.9. The lowest BCUT2D eigenvalue weighted by Gasteiger charge is -2.06. The first-order valence-electron chi connectivity index (χ1n) is 6.44. The van der Waals surface area contributed by atoms with Crippen molar-refractivity contribution in [2.24, 2.45) is 0 Å². The fraction of sp³-hybridized carbons (Fsp3) is 0.250. The Hall–Kier alpha value is -2.56. The second-order valence-electron chi connectivity index (χ2n) is 4.51. The molecule has 5 nitrogen and oxygen atoms in total. The highest BCUT2D eigenvalue weighted by molar-refractivity contribution is 5.94. The number of hydrogen-bond donors (Lipinski definition) is 2. The van der Waals surface area contributed by atoms with E-state index in [0.717, 1.165) is 5.69 Å². The van der Waals surface area contributed by atoms with E-state index in [9.17, 15) is 9.90 Å². The molecule has 0 bridgehead atoms. The zero-order valence-corrected chi connectivity index (χ0v) is 12.5. The zero-order chi connectivity index (χ0) is 15.8. The lowest BCUT2D eigenvalue weighted by atomic mass is 10.2. The van der Waals surface area contributed by atoms with Crippen molar-refractivity contribution in [1.82, 2.24) is 10.3 Å². The zero-order valence-electron chi connectivity index (χ0n) is 12.5. The summed E-state index contributed by atoms with van der Waals surface area (Å²) in [7, 11) is 1.48. The van der Waals surface area contributed by atoms with Crippen molar-refractivity contribution in [3.8, 4) is 0 Å². The molecule has 1 rings (SSSR count). The summed E-state index contributed by atoms with van der Waals surface area (Å²) >= 11 is 0. The Morgan fingerprint density at radius 2 is 2.24 bits per heavy atom. The SMILES string of the molecule is C=C(/C=C\C(O)=C(/C)OC)CNC(=O)c1ccnc(C)c1. The van der Waals surface area contributed by atoms with E-state index in [0.29, 0.717) is 16.9 Å². The van der Waals surface area contributed by atoms with Crippen LogP contribution in [0, 0.1) is 6.92 Å². The van der Waals surface area contributed by atoms with Crippen LogP contribution in [0.25, 0.3) is 0 Å². The number of pyridine rings is 1. The van der Waals surface area contributed by atoms with Crippen LogP contribution in [0.3, 0.4) is 0 Å². The number of allylic oxidation sites excluding steroid dienone is 2. The van der Waals surface area contributed by atoms with E-state index in [4.69, 9.17) is 4.74 Å². The number of nitrogens with one attached hydrogen (secondary N) is 1. The van der Waals surface area contributed by atoms with Gasteiger partial charge < -0.3 is 15.2 Å². The number of methoxy groups -OCH3 is 1. The summed E-state index contributed by atoms with van der Waals surface area (Å²) in [6.45, 7) is 7.57. The first-order valence-corrected chi connectivity index (χ1v) is 6.44. The van der Waals surface area contributed by atoms with Crippen molar-refractivity contribution >= 4 is 5.91 Å². The number of aromatic nitrogens is 1. The van der Waals surface area contributed by atoms with Gasteiger partial charge in [0.1, 0.15) is 5.76 Å². The summed E-state index contributed by atoms with van der Waals surface area (Å²) < 4.78 is 4.88. The minimum absolute atomic E-state index is 0.0229. The van der Waals surface area contributed by atoms with Gasteiger partial charge in [0.2, 0.25) is 0 Å². The standard InChI is InChI=1S/C16H20N2O3/c1-11(5-6-15(19)13(3)21-4)10-18-16(20)14-7-8-17-12(2)9-14/h5-9,19H,1,10H2,2-4H3,(H,18,20)/b6-5-,15-13-. The van der Waals surface area contributed by atoms with Crippen molar-refractivity contribution in [2.45, 2.75) is 13.8 Å². The maximum Gasteiger partial charge on any atom is 0.251 e. The van der Waals surface area contributed by atoms with Gasteiger partial charge in [0.15, 0.2) is 5.76 Å². The molecule has 0 aliphatic rings. The molecule has 0 aliphatic carbocycles. The van der Waals surface area contributed by atoms with E-state index >= 15 is 0 Å². The van der Waals surface area contributed by atoms with E-state index in [1.54, 1.807) is 31.3 Å². The summed E-state index contributed by atoms with van der Waals surface area (Å²) in [6, 6.07) is 3.36. The van der Waals surface area contributed by atoms with Crippen molar-refractivity contribution in [2.75, 3.05) is 13.7 Å². The number of amides is 1. The molecule has 0 fully saturated rings. The topological polar surface area (TPSA) is 71.5 Å². The first kappa shape index (κ1) is 16.5. The molecule has 21 heavy (non-hydrogen) atoms. The average molecular weight is 288 g/mol. The smallest absolute Gasteiger partial charge is 0.251 e. The van der Waals surface area contributed by atoms with Crippen LogP contribution < -0.4 is 5.32 Å². The molecule has 5 heteroatoms. The molecule has 0 unspecified atom stereocenters. The number of carbonyl (C=O) groups is 1. The molecule has 0 saturated heterocycles.